The van der Waals surface area contributed by atoms with Crippen LogP contribution in [0, 0.1) is 6.92 Å². The van der Waals surface area contributed by atoms with Crippen molar-refractivity contribution >= 4 is 34.8 Å². The van der Waals surface area contributed by atoms with Crippen LogP contribution in [0.3, 0.4) is 0 Å². The highest BCUT2D eigenvalue weighted by molar-refractivity contribution is 6.06. The predicted molar refractivity (Wildman–Crippen MR) is 106 cm³/mol. The number of carbonyl (C=O) groups excluding carboxylic acids is 3. The minimum Gasteiger partial charge on any atom is -0.326 e. The van der Waals surface area contributed by atoms with Gasteiger partial charge in [-0.1, -0.05) is 17.7 Å². The zero-order valence-electron chi connectivity index (χ0n) is 15.5. The van der Waals surface area contributed by atoms with Gasteiger partial charge in [0.2, 0.25) is 11.8 Å². The van der Waals surface area contributed by atoms with Crippen molar-refractivity contribution in [3.63, 3.8) is 0 Å². The molecule has 0 saturated carbocycles. The van der Waals surface area contributed by atoms with Crippen molar-refractivity contribution < 1.29 is 14.4 Å². The molecular weight excluding hydrogens is 344 g/mol. The van der Waals surface area contributed by atoms with Crippen LogP contribution in [0.4, 0.5) is 11.4 Å². The number of nitrogens with one attached hydrogen (secondary N) is 3. The second-order valence-electron chi connectivity index (χ2n) is 6.14. The summed E-state index contributed by atoms with van der Waals surface area (Å²) >= 11 is 0. The molecule has 0 aromatic heterocycles. The van der Waals surface area contributed by atoms with Crippen LogP contribution in [0.15, 0.2) is 53.6 Å². The molecule has 0 fully saturated rings. The smallest absolute Gasteiger partial charge is 0.271 e. The van der Waals surface area contributed by atoms with Crippen LogP contribution >= 0.6 is 0 Å². The summed E-state index contributed by atoms with van der Waals surface area (Å²) in [7, 11) is 0. The third-order valence-electron chi connectivity index (χ3n) is 3.53. The summed E-state index contributed by atoms with van der Waals surface area (Å²) in [4.78, 5) is 35.1. The van der Waals surface area contributed by atoms with Gasteiger partial charge in [0.25, 0.3) is 5.91 Å². The summed E-state index contributed by atoms with van der Waals surface area (Å²) in [6.45, 7) is 4.99. The zero-order chi connectivity index (χ0) is 19.8. The summed E-state index contributed by atoms with van der Waals surface area (Å²) in [6.07, 6.45) is 0.0432. The number of anilines is 2. The topological polar surface area (TPSA) is 99.7 Å². The van der Waals surface area contributed by atoms with Crippen molar-refractivity contribution in [3.05, 3.63) is 59.7 Å². The number of amides is 3. The van der Waals surface area contributed by atoms with Gasteiger partial charge in [-0.15, -0.1) is 0 Å². The molecule has 3 N–H and O–H groups in total. The van der Waals surface area contributed by atoms with Gasteiger partial charge in [-0.05, 0) is 50.2 Å². The van der Waals surface area contributed by atoms with Crippen LogP contribution in [-0.2, 0) is 9.59 Å². The van der Waals surface area contributed by atoms with E-state index in [1.165, 1.54) is 6.92 Å². The molecule has 3 amide bonds. The molecule has 0 aliphatic rings. The van der Waals surface area contributed by atoms with Crippen LogP contribution in [0.1, 0.15) is 36.2 Å². The second kappa shape index (κ2) is 9.28. The van der Waals surface area contributed by atoms with Crippen LogP contribution < -0.4 is 16.1 Å². The molecule has 27 heavy (non-hydrogen) atoms. The Bertz CT molecular complexity index is 873. The minimum atomic E-state index is -0.327. The van der Waals surface area contributed by atoms with Gasteiger partial charge >= 0.3 is 0 Å². The number of aryl methyl sites for hydroxylation is 1. The highest BCUT2D eigenvalue weighted by Crippen LogP contribution is 2.13. The Labute approximate surface area is 157 Å². The Balaban J connectivity index is 1.86. The first-order chi connectivity index (χ1) is 12.8. The van der Waals surface area contributed by atoms with E-state index in [9.17, 15) is 14.4 Å². The molecule has 0 atom stereocenters. The van der Waals surface area contributed by atoms with Crippen molar-refractivity contribution in [2.75, 3.05) is 10.6 Å². The zero-order valence-corrected chi connectivity index (χ0v) is 15.5. The molecule has 0 aliphatic heterocycles. The number of carbonyl (C=O) groups is 3. The number of benzene rings is 2. The molecule has 0 spiro atoms. The first-order valence-electron chi connectivity index (χ1n) is 8.41. The fraction of sp³-hybridized carbons (Fsp3) is 0.200. The lowest BCUT2D eigenvalue weighted by molar-refractivity contribution is -0.115. The Hall–Kier alpha value is -3.48. The van der Waals surface area contributed by atoms with E-state index < -0.39 is 0 Å². The second-order valence-corrected chi connectivity index (χ2v) is 6.14. The van der Waals surface area contributed by atoms with Crippen molar-refractivity contribution in [3.8, 4) is 0 Å². The number of hydrazone groups is 1. The molecule has 0 unspecified atom stereocenters. The van der Waals surface area contributed by atoms with E-state index in [1.807, 2.05) is 13.0 Å². The number of hydrogen-bond donors (Lipinski definition) is 3. The summed E-state index contributed by atoms with van der Waals surface area (Å²) in [5, 5.41) is 9.35. The van der Waals surface area contributed by atoms with Gasteiger partial charge in [-0.2, -0.15) is 5.10 Å². The van der Waals surface area contributed by atoms with Crippen molar-refractivity contribution in [1.29, 1.82) is 0 Å². The maximum atomic E-state index is 12.1. The molecule has 7 heteroatoms. The van der Waals surface area contributed by atoms with Gasteiger partial charge < -0.3 is 10.6 Å². The normalized spacial score (nSPS) is 10.9. The SMILES string of the molecule is CC(=O)Nc1ccc(NC(=O)C/C(C)=N/NC(=O)c2cccc(C)c2)cc1. The molecule has 2 aromatic carbocycles. The van der Waals surface area contributed by atoms with Gasteiger partial charge in [0.1, 0.15) is 0 Å². The minimum absolute atomic E-state index is 0.0432. The van der Waals surface area contributed by atoms with E-state index in [0.29, 0.717) is 22.6 Å². The Kier molecular flexibility index (Phi) is 6.82. The van der Waals surface area contributed by atoms with Crippen molar-refractivity contribution in [2.24, 2.45) is 5.10 Å². The molecule has 2 aromatic rings. The van der Waals surface area contributed by atoms with Crippen LogP contribution in [0.2, 0.25) is 0 Å². The van der Waals surface area contributed by atoms with Crippen LogP contribution in [0.5, 0.6) is 0 Å². The quantitative estimate of drug-likeness (QED) is 0.541. The summed E-state index contributed by atoms with van der Waals surface area (Å²) in [6, 6.07) is 13.9. The molecule has 0 saturated heterocycles. The van der Waals surface area contributed by atoms with Gasteiger partial charge in [0.05, 0.1) is 6.42 Å². The molecule has 0 radical (unpaired) electrons. The maximum Gasteiger partial charge on any atom is 0.271 e. The van der Waals surface area contributed by atoms with Crippen LogP contribution in [0.25, 0.3) is 0 Å². The highest BCUT2D eigenvalue weighted by Gasteiger charge is 2.07. The van der Waals surface area contributed by atoms with E-state index in [2.05, 4.69) is 21.2 Å². The molecule has 0 aliphatic carbocycles. The van der Waals surface area contributed by atoms with E-state index >= 15 is 0 Å². The number of rotatable bonds is 6. The third-order valence-corrected chi connectivity index (χ3v) is 3.53. The summed E-state index contributed by atoms with van der Waals surface area (Å²) in [5.41, 5.74) is 5.67. The molecule has 7 nitrogen and oxygen atoms in total. The lowest BCUT2D eigenvalue weighted by Crippen LogP contribution is -2.21. The first-order valence-corrected chi connectivity index (χ1v) is 8.41. The van der Waals surface area contributed by atoms with Gasteiger partial charge in [-0.3, -0.25) is 14.4 Å². The fourth-order valence-corrected chi connectivity index (χ4v) is 2.31. The molecule has 2 rings (SSSR count). The highest BCUT2D eigenvalue weighted by atomic mass is 16.2. The fourth-order valence-electron chi connectivity index (χ4n) is 2.31. The standard InChI is InChI=1S/C20H22N4O3/c1-13-5-4-6-16(11-13)20(27)24-23-14(2)12-19(26)22-18-9-7-17(8-10-18)21-15(3)25/h4-11H,12H2,1-3H3,(H,21,25)(H,22,26)(H,24,27)/b23-14+. The van der Waals surface area contributed by atoms with Crippen molar-refractivity contribution in [2.45, 2.75) is 27.2 Å². The predicted octanol–water partition coefficient (Wildman–Crippen LogP) is 3.09. The lowest BCUT2D eigenvalue weighted by Gasteiger charge is -2.07. The maximum absolute atomic E-state index is 12.1. The molecule has 140 valence electrons. The van der Waals surface area contributed by atoms with E-state index in [0.717, 1.165) is 5.56 Å². The van der Waals surface area contributed by atoms with E-state index in [4.69, 9.17) is 0 Å². The average molecular weight is 366 g/mol. The molecule has 0 bridgehead atoms. The van der Waals surface area contributed by atoms with E-state index in [-0.39, 0.29) is 24.1 Å². The summed E-state index contributed by atoms with van der Waals surface area (Å²) < 4.78 is 0. The monoisotopic (exact) mass is 366 g/mol. The van der Waals surface area contributed by atoms with Crippen molar-refractivity contribution in [1.82, 2.24) is 5.43 Å². The largest absolute Gasteiger partial charge is 0.326 e. The lowest BCUT2D eigenvalue weighted by atomic mass is 10.1. The molecule has 0 heterocycles. The van der Waals surface area contributed by atoms with Crippen LogP contribution in [-0.4, -0.2) is 23.4 Å². The Morgan fingerprint density at radius 1 is 0.926 bits per heavy atom. The van der Waals surface area contributed by atoms with E-state index in [1.54, 1.807) is 49.4 Å². The first kappa shape index (κ1) is 19.8. The summed E-state index contributed by atoms with van der Waals surface area (Å²) in [5.74, 6) is -0.744. The Morgan fingerprint density at radius 3 is 2.15 bits per heavy atom. The third kappa shape index (κ3) is 6.74. The van der Waals surface area contributed by atoms with Gasteiger partial charge in [0, 0.05) is 29.6 Å². The molecular formula is C20H22N4O3. The van der Waals surface area contributed by atoms with Gasteiger partial charge in [-0.25, -0.2) is 5.43 Å². The Morgan fingerprint density at radius 2 is 1.56 bits per heavy atom. The van der Waals surface area contributed by atoms with Gasteiger partial charge in [0.15, 0.2) is 0 Å². The number of nitrogens with zero attached hydrogens (tertiary/aromatic N) is 1. The number of hydrogen-bond acceptors (Lipinski definition) is 4. The average Bonchev–Trinajstić information content (AvgIpc) is 2.61.